The predicted molar refractivity (Wildman–Crippen MR) is 92.1 cm³/mol. The number of quaternary nitrogens is 1. The first-order valence-electron chi connectivity index (χ1n) is 8.79. The number of morpholine rings is 1. The van der Waals surface area contributed by atoms with Crippen molar-refractivity contribution in [1.82, 2.24) is 0 Å². The molecule has 23 heavy (non-hydrogen) atoms. The van der Waals surface area contributed by atoms with E-state index in [1.54, 1.807) is 0 Å². The predicted octanol–water partition coefficient (Wildman–Crippen LogP) is 0.919. The van der Waals surface area contributed by atoms with Crippen LogP contribution in [0, 0.1) is 0 Å². The second-order valence-electron chi connectivity index (χ2n) is 6.68. The Labute approximate surface area is 138 Å². The van der Waals surface area contributed by atoms with Crippen LogP contribution in [-0.4, -0.2) is 51.3 Å². The Morgan fingerprint density at radius 2 is 2.00 bits per heavy atom. The number of hydrogen-bond acceptors (Lipinski definition) is 3. The first kappa shape index (κ1) is 16.3. The van der Waals surface area contributed by atoms with Gasteiger partial charge in [0.2, 0.25) is 0 Å². The topological polar surface area (TPSA) is 46.0 Å². The number of nitrogens with zero attached hydrogens (tertiary/aromatic N) is 1. The summed E-state index contributed by atoms with van der Waals surface area (Å²) >= 11 is 0. The number of likely N-dealkylation sites (tertiary alicyclic amines) is 1. The van der Waals surface area contributed by atoms with Crippen molar-refractivity contribution >= 4 is 17.3 Å². The molecule has 1 unspecified atom stereocenters. The summed E-state index contributed by atoms with van der Waals surface area (Å²) in [4.78, 5) is 16.0. The second-order valence-corrected chi connectivity index (χ2v) is 6.68. The zero-order valence-corrected chi connectivity index (χ0v) is 14.0. The van der Waals surface area contributed by atoms with E-state index in [9.17, 15) is 4.79 Å². The summed E-state index contributed by atoms with van der Waals surface area (Å²) in [6.45, 7) is 7.38. The molecular weight excluding hydrogens is 290 g/mol. The summed E-state index contributed by atoms with van der Waals surface area (Å²) < 4.78 is 5.38. The van der Waals surface area contributed by atoms with Crippen LogP contribution in [-0.2, 0) is 9.53 Å². The van der Waals surface area contributed by atoms with Crippen LogP contribution in [0.5, 0.6) is 0 Å². The zero-order valence-electron chi connectivity index (χ0n) is 14.0. The number of carbonyl (C=O) groups excluding carboxylic acids is 1. The van der Waals surface area contributed by atoms with Crippen LogP contribution in [0.25, 0.3) is 0 Å². The van der Waals surface area contributed by atoms with Gasteiger partial charge in [0.15, 0.2) is 6.54 Å². The van der Waals surface area contributed by atoms with Gasteiger partial charge in [0.1, 0.15) is 0 Å². The summed E-state index contributed by atoms with van der Waals surface area (Å²) in [6, 6.07) is 8.75. The molecule has 2 atom stereocenters. The van der Waals surface area contributed by atoms with Gasteiger partial charge in [-0.15, -0.1) is 0 Å². The van der Waals surface area contributed by atoms with E-state index >= 15 is 0 Å². The molecule has 3 rings (SSSR count). The lowest BCUT2D eigenvalue weighted by molar-refractivity contribution is -0.920. The van der Waals surface area contributed by atoms with E-state index in [1.165, 1.54) is 29.8 Å². The quantitative estimate of drug-likeness (QED) is 0.868. The maximum atomic E-state index is 12.3. The van der Waals surface area contributed by atoms with Gasteiger partial charge in [0.05, 0.1) is 25.8 Å². The van der Waals surface area contributed by atoms with Gasteiger partial charge in [-0.25, -0.2) is 0 Å². The Kier molecular flexibility index (Phi) is 5.51. The molecule has 2 heterocycles. The lowest BCUT2D eigenvalue weighted by Crippen LogP contribution is -3.17. The zero-order chi connectivity index (χ0) is 16.1. The van der Waals surface area contributed by atoms with E-state index in [-0.39, 0.29) is 5.91 Å². The van der Waals surface area contributed by atoms with Crippen molar-refractivity contribution in [3.8, 4) is 0 Å². The summed E-state index contributed by atoms with van der Waals surface area (Å²) in [5, 5.41) is 3.04. The molecule has 0 spiro atoms. The lowest BCUT2D eigenvalue weighted by atomic mass is 10.0. The fourth-order valence-corrected chi connectivity index (χ4v) is 3.50. The fraction of sp³-hybridized carbons (Fsp3) is 0.611. The fourth-order valence-electron chi connectivity index (χ4n) is 3.50. The van der Waals surface area contributed by atoms with Gasteiger partial charge >= 0.3 is 0 Å². The number of hydrogen-bond donors (Lipinski definition) is 2. The molecule has 2 aliphatic heterocycles. The standard InChI is InChI=1S/C18H27N3O2/c1-15-4-2-3-9-21(15)14-18(22)19-16-5-7-17(8-6-16)20-10-12-23-13-11-20/h5-8,15H,2-4,9-14H2,1H3,(H,19,22)/p+1/t15-/m0/s1. The Bertz CT molecular complexity index is 512. The maximum absolute atomic E-state index is 12.3. The number of benzene rings is 1. The van der Waals surface area contributed by atoms with E-state index in [4.69, 9.17) is 4.74 Å². The highest BCUT2D eigenvalue weighted by molar-refractivity contribution is 5.91. The highest BCUT2D eigenvalue weighted by Gasteiger charge is 2.24. The van der Waals surface area contributed by atoms with E-state index < -0.39 is 0 Å². The minimum Gasteiger partial charge on any atom is -0.378 e. The Morgan fingerprint density at radius 3 is 2.70 bits per heavy atom. The highest BCUT2D eigenvalue weighted by Crippen LogP contribution is 2.18. The van der Waals surface area contributed by atoms with Crippen molar-refractivity contribution in [1.29, 1.82) is 0 Å². The third-order valence-corrected chi connectivity index (χ3v) is 5.00. The minimum absolute atomic E-state index is 0.118. The van der Waals surface area contributed by atoms with Crippen LogP contribution in [0.15, 0.2) is 24.3 Å². The van der Waals surface area contributed by atoms with Gasteiger partial charge in [-0.2, -0.15) is 0 Å². The van der Waals surface area contributed by atoms with Crippen LogP contribution in [0.3, 0.4) is 0 Å². The third kappa shape index (κ3) is 4.45. The van der Waals surface area contributed by atoms with Gasteiger partial charge in [0.25, 0.3) is 5.91 Å². The van der Waals surface area contributed by atoms with E-state index in [0.29, 0.717) is 12.6 Å². The normalized spacial score (nSPS) is 25.2. The number of piperidine rings is 1. The largest absolute Gasteiger partial charge is 0.378 e. The number of amides is 1. The van der Waals surface area contributed by atoms with Crippen molar-refractivity contribution in [2.75, 3.05) is 49.6 Å². The molecule has 2 saturated heterocycles. The van der Waals surface area contributed by atoms with Crippen molar-refractivity contribution in [2.45, 2.75) is 32.2 Å². The molecule has 0 aliphatic carbocycles. The highest BCUT2D eigenvalue weighted by atomic mass is 16.5. The monoisotopic (exact) mass is 318 g/mol. The Morgan fingerprint density at radius 1 is 1.26 bits per heavy atom. The SMILES string of the molecule is C[C@H]1CCCC[NH+]1CC(=O)Nc1ccc(N2CCOCC2)cc1. The van der Waals surface area contributed by atoms with Crippen LogP contribution in [0.4, 0.5) is 11.4 Å². The van der Waals surface area contributed by atoms with Gasteiger partial charge in [-0.1, -0.05) is 0 Å². The van der Waals surface area contributed by atoms with Gasteiger partial charge in [-0.3, -0.25) is 4.79 Å². The Hall–Kier alpha value is -1.59. The molecule has 2 N–H and O–H groups in total. The van der Waals surface area contributed by atoms with Crippen LogP contribution < -0.4 is 15.1 Å². The van der Waals surface area contributed by atoms with Gasteiger partial charge in [0, 0.05) is 24.5 Å². The molecule has 1 aromatic carbocycles. The van der Waals surface area contributed by atoms with E-state index in [1.807, 2.05) is 12.1 Å². The molecule has 0 saturated carbocycles. The number of ether oxygens (including phenoxy) is 1. The maximum Gasteiger partial charge on any atom is 0.279 e. The number of nitrogens with one attached hydrogen (secondary N) is 2. The molecule has 126 valence electrons. The lowest BCUT2D eigenvalue weighted by Gasteiger charge is -2.29. The van der Waals surface area contributed by atoms with Crippen LogP contribution >= 0.6 is 0 Å². The van der Waals surface area contributed by atoms with Crippen molar-refractivity contribution in [3.05, 3.63) is 24.3 Å². The smallest absolute Gasteiger partial charge is 0.279 e. The summed E-state index contributed by atoms with van der Waals surface area (Å²) in [7, 11) is 0. The minimum atomic E-state index is 0.118. The third-order valence-electron chi connectivity index (χ3n) is 5.00. The van der Waals surface area contributed by atoms with Crippen molar-refractivity contribution in [2.24, 2.45) is 0 Å². The summed E-state index contributed by atoms with van der Waals surface area (Å²) in [5.41, 5.74) is 2.08. The molecule has 1 amide bonds. The molecule has 0 bridgehead atoms. The van der Waals surface area contributed by atoms with Gasteiger partial charge in [-0.05, 0) is 50.5 Å². The first-order valence-corrected chi connectivity index (χ1v) is 8.79. The van der Waals surface area contributed by atoms with Crippen molar-refractivity contribution < 1.29 is 14.4 Å². The molecular formula is C18H28N3O2+. The summed E-state index contributed by atoms with van der Waals surface area (Å²) in [5.74, 6) is 0.118. The molecule has 5 nitrogen and oxygen atoms in total. The average molecular weight is 318 g/mol. The molecule has 0 radical (unpaired) electrons. The van der Waals surface area contributed by atoms with Crippen molar-refractivity contribution in [3.63, 3.8) is 0 Å². The molecule has 2 aliphatic rings. The van der Waals surface area contributed by atoms with E-state index in [0.717, 1.165) is 38.5 Å². The molecule has 5 heteroatoms. The molecule has 0 aromatic heterocycles. The second kappa shape index (κ2) is 7.79. The molecule has 2 fully saturated rings. The summed E-state index contributed by atoms with van der Waals surface area (Å²) in [6.07, 6.45) is 3.77. The number of anilines is 2. The number of rotatable bonds is 4. The number of carbonyl (C=O) groups is 1. The van der Waals surface area contributed by atoms with Gasteiger partial charge < -0.3 is 19.9 Å². The first-order chi connectivity index (χ1) is 11.2. The Balaban J connectivity index is 1.52. The van der Waals surface area contributed by atoms with Crippen LogP contribution in [0.1, 0.15) is 26.2 Å². The van der Waals surface area contributed by atoms with Crippen LogP contribution in [0.2, 0.25) is 0 Å². The average Bonchev–Trinajstić information content (AvgIpc) is 2.58. The van der Waals surface area contributed by atoms with E-state index in [2.05, 4.69) is 29.3 Å². The molecule has 1 aromatic rings.